The van der Waals surface area contributed by atoms with Gasteiger partial charge in [0.15, 0.2) is 5.01 Å². The Bertz CT molecular complexity index is 301. The lowest BCUT2D eigenvalue weighted by Gasteiger charge is -2.00. The van der Waals surface area contributed by atoms with Crippen LogP contribution in [0, 0.1) is 6.92 Å². The molecule has 0 aliphatic rings. The van der Waals surface area contributed by atoms with Gasteiger partial charge in [-0.15, -0.1) is 11.3 Å². The molecule has 0 saturated heterocycles. The second kappa shape index (κ2) is 3.29. The maximum atomic E-state index is 12.2. The molecule has 0 aliphatic carbocycles. The SMILES string of the molecule is Cc1nc(C(F)(F)F)sc1C(C)C. The van der Waals surface area contributed by atoms with Gasteiger partial charge in [-0.25, -0.2) is 4.98 Å². The first kappa shape index (κ1) is 10.5. The molecule has 0 aliphatic heterocycles. The van der Waals surface area contributed by atoms with E-state index in [0.29, 0.717) is 10.6 Å². The van der Waals surface area contributed by atoms with Crippen molar-refractivity contribution in [2.75, 3.05) is 0 Å². The summed E-state index contributed by atoms with van der Waals surface area (Å²) in [6.07, 6.45) is -4.30. The lowest BCUT2D eigenvalue weighted by molar-refractivity contribution is -0.137. The molecule has 5 heteroatoms. The fourth-order valence-electron chi connectivity index (χ4n) is 1.07. The number of thiazole rings is 1. The summed E-state index contributed by atoms with van der Waals surface area (Å²) < 4.78 is 36.6. The molecule has 0 bridgehead atoms. The number of rotatable bonds is 1. The van der Waals surface area contributed by atoms with Gasteiger partial charge in [-0.2, -0.15) is 13.2 Å². The van der Waals surface area contributed by atoms with Crippen LogP contribution in [0.5, 0.6) is 0 Å². The molecule has 1 rings (SSSR count). The van der Waals surface area contributed by atoms with Crippen molar-refractivity contribution < 1.29 is 13.2 Å². The van der Waals surface area contributed by atoms with Gasteiger partial charge in [-0.3, -0.25) is 0 Å². The van der Waals surface area contributed by atoms with Crippen LogP contribution in [0.3, 0.4) is 0 Å². The number of nitrogens with zero attached hydrogens (tertiary/aromatic N) is 1. The van der Waals surface area contributed by atoms with Gasteiger partial charge in [-0.05, 0) is 12.8 Å². The molecule has 0 saturated carbocycles. The highest BCUT2D eigenvalue weighted by atomic mass is 32.1. The van der Waals surface area contributed by atoms with E-state index in [9.17, 15) is 13.2 Å². The highest BCUT2D eigenvalue weighted by Gasteiger charge is 2.35. The predicted octanol–water partition coefficient (Wildman–Crippen LogP) is 3.59. The van der Waals surface area contributed by atoms with E-state index in [1.54, 1.807) is 6.92 Å². The smallest absolute Gasteiger partial charge is 0.237 e. The summed E-state index contributed by atoms with van der Waals surface area (Å²) in [4.78, 5) is 4.21. The van der Waals surface area contributed by atoms with Crippen LogP contribution in [0.15, 0.2) is 0 Å². The largest absolute Gasteiger partial charge is 0.443 e. The summed E-state index contributed by atoms with van der Waals surface area (Å²) in [5.41, 5.74) is 0.493. The van der Waals surface area contributed by atoms with E-state index in [1.807, 2.05) is 13.8 Å². The molecular formula is C8H10F3NS. The summed E-state index contributed by atoms with van der Waals surface area (Å²) in [5, 5.41) is -0.742. The van der Waals surface area contributed by atoms with E-state index in [1.165, 1.54) is 0 Å². The van der Waals surface area contributed by atoms with Crippen molar-refractivity contribution in [2.24, 2.45) is 0 Å². The van der Waals surface area contributed by atoms with E-state index >= 15 is 0 Å². The average molecular weight is 209 g/mol. The number of halogens is 3. The molecular weight excluding hydrogens is 199 g/mol. The zero-order valence-corrected chi connectivity index (χ0v) is 8.38. The van der Waals surface area contributed by atoms with E-state index in [0.717, 1.165) is 11.3 Å². The van der Waals surface area contributed by atoms with Gasteiger partial charge in [0.1, 0.15) is 0 Å². The summed E-state index contributed by atoms with van der Waals surface area (Å²) in [5.74, 6) is 0.105. The number of aryl methyl sites for hydroxylation is 1. The minimum absolute atomic E-state index is 0.105. The molecule has 13 heavy (non-hydrogen) atoms. The van der Waals surface area contributed by atoms with Crippen molar-refractivity contribution in [3.05, 3.63) is 15.6 Å². The minimum Gasteiger partial charge on any atom is -0.237 e. The minimum atomic E-state index is -4.30. The second-order valence-electron chi connectivity index (χ2n) is 3.12. The van der Waals surface area contributed by atoms with Crippen LogP contribution >= 0.6 is 11.3 Å². The van der Waals surface area contributed by atoms with Crippen LogP contribution in [-0.2, 0) is 6.18 Å². The summed E-state index contributed by atoms with van der Waals surface area (Å²) in [7, 11) is 0. The van der Waals surface area contributed by atoms with Gasteiger partial charge >= 0.3 is 6.18 Å². The molecule has 0 amide bonds. The van der Waals surface area contributed by atoms with Gasteiger partial charge in [-0.1, -0.05) is 13.8 Å². The number of hydrogen-bond donors (Lipinski definition) is 0. The third kappa shape index (κ3) is 2.21. The van der Waals surface area contributed by atoms with Crippen molar-refractivity contribution in [3.8, 4) is 0 Å². The Kier molecular flexibility index (Phi) is 2.66. The summed E-state index contributed by atoms with van der Waals surface area (Å²) >= 11 is 0.738. The maximum absolute atomic E-state index is 12.2. The second-order valence-corrected chi connectivity index (χ2v) is 4.15. The van der Waals surface area contributed by atoms with Gasteiger partial charge in [0.25, 0.3) is 0 Å². The fraction of sp³-hybridized carbons (Fsp3) is 0.625. The first-order valence-electron chi connectivity index (χ1n) is 3.87. The van der Waals surface area contributed by atoms with E-state index in [-0.39, 0.29) is 5.92 Å². The molecule has 0 atom stereocenters. The Hall–Kier alpha value is -0.580. The maximum Gasteiger partial charge on any atom is 0.443 e. The fourth-order valence-corrected chi connectivity index (χ4v) is 2.00. The molecule has 1 nitrogen and oxygen atoms in total. The topological polar surface area (TPSA) is 12.9 Å². The highest BCUT2D eigenvalue weighted by Crippen LogP contribution is 2.36. The summed E-state index contributed by atoms with van der Waals surface area (Å²) in [6.45, 7) is 5.34. The Balaban J connectivity index is 3.10. The van der Waals surface area contributed by atoms with Crippen LogP contribution in [0.4, 0.5) is 13.2 Å². The number of aromatic nitrogens is 1. The standard InChI is InChI=1S/C8H10F3NS/c1-4(2)6-5(3)12-7(13-6)8(9,10)11/h4H,1-3H3. The normalized spacial score (nSPS) is 12.5. The van der Waals surface area contributed by atoms with E-state index < -0.39 is 11.2 Å². The van der Waals surface area contributed by atoms with Crippen molar-refractivity contribution in [1.29, 1.82) is 0 Å². The van der Waals surface area contributed by atoms with Crippen molar-refractivity contribution in [2.45, 2.75) is 32.9 Å². The van der Waals surface area contributed by atoms with Gasteiger partial charge in [0.05, 0.1) is 5.69 Å². The van der Waals surface area contributed by atoms with Crippen LogP contribution in [0.25, 0.3) is 0 Å². The first-order valence-corrected chi connectivity index (χ1v) is 4.68. The lowest BCUT2D eigenvalue weighted by Crippen LogP contribution is -2.03. The van der Waals surface area contributed by atoms with Crippen molar-refractivity contribution in [3.63, 3.8) is 0 Å². The number of hydrogen-bond acceptors (Lipinski definition) is 2. The number of alkyl halides is 3. The zero-order valence-electron chi connectivity index (χ0n) is 7.57. The quantitative estimate of drug-likeness (QED) is 0.688. The molecule has 0 aromatic carbocycles. The van der Waals surface area contributed by atoms with Gasteiger partial charge in [0, 0.05) is 4.88 Å². The third-order valence-electron chi connectivity index (χ3n) is 1.60. The van der Waals surface area contributed by atoms with E-state index in [4.69, 9.17) is 0 Å². The molecule has 1 aromatic rings. The van der Waals surface area contributed by atoms with Gasteiger partial charge < -0.3 is 0 Å². The van der Waals surface area contributed by atoms with Crippen LogP contribution < -0.4 is 0 Å². The molecule has 0 spiro atoms. The Labute approximate surface area is 78.6 Å². The molecule has 0 radical (unpaired) electrons. The summed E-state index contributed by atoms with van der Waals surface area (Å²) in [6, 6.07) is 0. The van der Waals surface area contributed by atoms with E-state index in [2.05, 4.69) is 4.98 Å². The van der Waals surface area contributed by atoms with Crippen LogP contribution in [-0.4, -0.2) is 4.98 Å². The highest BCUT2D eigenvalue weighted by molar-refractivity contribution is 7.11. The molecule has 0 fully saturated rings. The van der Waals surface area contributed by atoms with Gasteiger partial charge in [0.2, 0.25) is 0 Å². The first-order chi connectivity index (χ1) is 5.82. The van der Waals surface area contributed by atoms with Crippen LogP contribution in [0.2, 0.25) is 0 Å². The molecule has 1 heterocycles. The third-order valence-corrected chi connectivity index (χ3v) is 3.10. The predicted molar refractivity (Wildman–Crippen MR) is 45.9 cm³/mol. The Morgan fingerprint density at radius 1 is 1.31 bits per heavy atom. The molecule has 0 unspecified atom stereocenters. The average Bonchev–Trinajstić information content (AvgIpc) is 2.29. The molecule has 0 N–H and O–H groups in total. The Morgan fingerprint density at radius 3 is 2.08 bits per heavy atom. The van der Waals surface area contributed by atoms with Crippen molar-refractivity contribution in [1.82, 2.24) is 4.98 Å². The Morgan fingerprint density at radius 2 is 1.85 bits per heavy atom. The molecule has 1 aromatic heterocycles. The monoisotopic (exact) mass is 209 g/mol. The zero-order chi connectivity index (χ0) is 10.2. The van der Waals surface area contributed by atoms with Crippen LogP contribution in [0.1, 0.15) is 35.3 Å². The van der Waals surface area contributed by atoms with Crippen molar-refractivity contribution >= 4 is 11.3 Å². The molecule has 74 valence electrons. The lowest BCUT2D eigenvalue weighted by atomic mass is 10.1.